The van der Waals surface area contributed by atoms with Crippen LogP contribution in [0.3, 0.4) is 0 Å². The number of nitrogens with one attached hydrogen (secondary N) is 1. The Morgan fingerprint density at radius 1 is 1.33 bits per heavy atom. The molecule has 2 amide bonds. The van der Waals surface area contributed by atoms with E-state index in [9.17, 15) is 14.7 Å². The van der Waals surface area contributed by atoms with E-state index in [1.165, 1.54) is 12.3 Å². The molecule has 3 atom stereocenters. The van der Waals surface area contributed by atoms with E-state index in [1.54, 1.807) is 6.07 Å². The van der Waals surface area contributed by atoms with Gasteiger partial charge in [-0.2, -0.15) is 0 Å². The molecule has 3 unspecified atom stereocenters. The lowest BCUT2D eigenvalue weighted by molar-refractivity contribution is -0.131. The van der Waals surface area contributed by atoms with Crippen molar-refractivity contribution in [1.82, 2.24) is 20.1 Å². The zero-order valence-electron chi connectivity index (χ0n) is 15.9. The number of morpholine rings is 1. The average Bonchev–Trinajstić information content (AvgIpc) is 3.07. The summed E-state index contributed by atoms with van der Waals surface area (Å²) < 4.78 is 5.78. The minimum Gasteiger partial charge on any atom is -0.505 e. The van der Waals surface area contributed by atoms with Gasteiger partial charge in [0.05, 0.1) is 18.8 Å². The molecule has 2 aliphatic heterocycles. The molecule has 2 aliphatic rings. The third-order valence-corrected chi connectivity index (χ3v) is 5.06. The largest absolute Gasteiger partial charge is 0.505 e. The third kappa shape index (κ3) is 4.95. The number of ether oxygens (including phenoxy) is 1. The number of likely N-dealkylation sites (tertiary alicyclic amines) is 1. The summed E-state index contributed by atoms with van der Waals surface area (Å²) in [7, 11) is 0. The van der Waals surface area contributed by atoms with Gasteiger partial charge in [0, 0.05) is 38.4 Å². The van der Waals surface area contributed by atoms with Crippen LogP contribution in [0.2, 0.25) is 0 Å². The van der Waals surface area contributed by atoms with Crippen LogP contribution >= 0.6 is 0 Å². The summed E-state index contributed by atoms with van der Waals surface area (Å²) in [6.07, 6.45) is 3.77. The number of nitrogens with zero attached hydrogens (tertiary/aromatic N) is 3. The van der Waals surface area contributed by atoms with E-state index in [0.29, 0.717) is 6.54 Å². The van der Waals surface area contributed by atoms with Gasteiger partial charge in [-0.15, -0.1) is 0 Å². The summed E-state index contributed by atoms with van der Waals surface area (Å²) in [6, 6.07) is 3.10. The van der Waals surface area contributed by atoms with Crippen LogP contribution in [0.4, 0.5) is 0 Å². The monoisotopic (exact) mass is 376 g/mol. The normalized spacial score (nSPS) is 26.1. The first kappa shape index (κ1) is 19.6. The second-order valence-corrected chi connectivity index (χ2v) is 7.41. The van der Waals surface area contributed by atoms with Gasteiger partial charge in [-0.05, 0) is 38.8 Å². The van der Waals surface area contributed by atoms with Crippen molar-refractivity contribution in [2.24, 2.45) is 0 Å². The van der Waals surface area contributed by atoms with Gasteiger partial charge in [-0.25, -0.2) is 4.98 Å². The number of amides is 2. The lowest BCUT2D eigenvalue weighted by atomic mass is 10.1. The number of aromatic hydroxyl groups is 1. The van der Waals surface area contributed by atoms with E-state index in [-0.39, 0.29) is 42.1 Å². The highest BCUT2D eigenvalue weighted by Crippen LogP contribution is 2.20. The molecule has 2 fully saturated rings. The van der Waals surface area contributed by atoms with E-state index in [1.807, 2.05) is 4.90 Å². The Balaban J connectivity index is 1.53. The number of pyridine rings is 1. The van der Waals surface area contributed by atoms with E-state index < -0.39 is 5.91 Å². The van der Waals surface area contributed by atoms with Crippen molar-refractivity contribution in [1.29, 1.82) is 0 Å². The first-order valence-electron chi connectivity index (χ1n) is 9.53. The topological polar surface area (TPSA) is 95.0 Å². The zero-order valence-corrected chi connectivity index (χ0v) is 15.9. The minimum absolute atomic E-state index is 0.0698. The molecule has 148 valence electrons. The van der Waals surface area contributed by atoms with Crippen molar-refractivity contribution in [2.45, 2.75) is 44.9 Å². The average molecular weight is 376 g/mol. The van der Waals surface area contributed by atoms with Crippen molar-refractivity contribution >= 4 is 11.8 Å². The lowest BCUT2D eigenvalue weighted by Gasteiger charge is -2.38. The molecular weight excluding hydrogens is 348 g/mol. The van der Waals surface area contributed by atoms with Crippen molar-refractivity contribution in [3.63, 3.8) is 0 Å². The summed E-state index contributed by atoms with van der Waals surface area (Å²) in [6.45, 7) is 7.34. The number of carbonyl (C=O) groups excluding carboxylic acids is 2. The van der Waals surface area contributed by atoms with Gasteiger partial charge in [-0.1, -0.05) is 0 Å². The maximum Gasteiger partial charge on any atom is 0.274 e. The van der Waals surface area contributed by atoms with Crippen LogP contribution in [-0.2, 0) is 9.53 Å². The number of carbonyl (C=O) groups is 2. The highest BCUT2D eigenvalue weighted by molar-refractivity contribution is 5.96. The molecule has 2 saturated heterocycles. The van der Waals surface area contributed by atoms with Gasteiger partial charge in [0.25, 0.3) is 5.91 Å². The van der Waals surface area contributed by atoms with Crippen LogP contribution in [0.1, 0.15) is 37.2 Å². The van der Waals surface area contributed by atoms with Gasteiger partial charge in [-0.3, -0.25) is 14.5 Å². The number of hydrogen-bond donors (Lipinski definition) is 2. The Bertz CT molecular complexity index is 673. The van der Waals surface area contributed by atoms with E-state index >= 15 is 0 Å². The summed E-state index contributed by atoms with van der Waals surface area (Å²) >= 11 is 0. The van der Waals surface area contributed by atoms with Crippen molar-refractivity contribution < 1.29 is 19.4 Å². The van der Waals surface area contributed by atoms with Crippen LogP contribution in [-0.4, -0.2) is 82.7 Å². The zero-order chi connectivity index (χ0) is 19.4. The Labute approximate surface area is 159 Å². The van der Waals surface area contributed by atoms with Crippen LogP contribution in [0.15, 0.2) is 18.3 Å². The van der Waals surface area contributed by atoms with E-state index in [0.717, 1.165) is 32.5 Å². The van der Waals surface area contributed by atoms with Crippen LogP contribution in [0, 0.1) is 0 Å². The molecule has 3 rings (SSSR count). The van der Waals surface area contributed by atoms with Gasteiger partial charge in [0.15, 0.2) is 5.69 Å². The first-order valence-corrected chi connectivity index (χ1v) is 9.53. The molecule has 8 nitrogen and oxygen atoms in total. The second kappa shape index (κ2) is 8.67. The molecule has 0 aliphatic carbocycles. The SMILES string of the molecule is CC1CN(CC2CCCN2C(=O)CNC(=O)c2ncccc2O)CC(C)O1. The Kier molecular flexibility index (Phi) is 6.28. The first-order chi connectivity index (χ1) is 12.9. The number of aromatic nitrogens is 1. The Morgan fingerprint density at radius 2 is 2.07 bits per heavy atom. The molecule has 1 aromatic heterocycles. The van der Waals surface area contributed by atoms with Crippen LogP contribution in [0.25, 0.3) is 0 Å². The minimum atomic E-state index is -0.548. The maximum atomic E-state index is 12.6. The molecule has 0 saturated carbocycles. The molecule has 0 spiro atoms. The van der Waals surface area contributed by atoms with Crippen molar-refractivity contribution in [3.8, 4) is 5.75 Å². The number of rotatable bonds is 5. The van der Waals surface area contributed by atoms with E-state index in [4.69, 9.17) is 4.74 Å². The van der Waals surface area contributed by atoms with Gasteiger partial charge in [0.1, 0.15) is 5.75 Å². The van der Waals surface area contributed by atoms with Crippen LogP contribution in [0.5, 0.6) is 5.75 Å². The Morgan fingerprint density at radius 3 is 2.78 bits per heavy atom. The highest BCUT2D eigenvalue weighted by atomic mass is 16.5. The summed E-state index contributed by atoms with van der Waals surface area (Å²) in [4.78, 5) is 32.8. The predicted octanol–water partition coefficient (Wildman–Crippen LogP) is 0.617. The second-order valence-electron chi connectivity index (χ2n) is 7.41. The fourth-order valence-electron chi connectivity index (χ4n) is 4.00. The molecule has 8 heteroatoms. The van der Waals surface area contributed by atoms with Gasteiger partial charge >= 0.3 is 0 Å². The molecule has 1 aromatic rings. The maximum absolute atomic E-state index is 12.6. The molecule has 2 N–H and O–H groups in total. The quantitative estimate of drug-likeness (QED) is 0.782. The van der Waals surface area contributed by atoms with Crippen molar-refractivity contribution in [2.75, 3.05) is 32.7 Å². The lowest BCUT2D eigenvalue weighted by Crippen LogP contribution is -2.52. The molecule has 0 bridgehead atoms. The summed E-state index contributed by atoms with van der Waals surface area (Å²) in [5, 5.41) is 12.3. The highest BCUT2D eigenvalue weighted by Gasteiger charge is 2.32. The summed E-state index contributed by atoms with van der Waals surface area (Å²) in [5.41, 5.74) is -0.0698. The fourth-order valence-corrected chi connectivity index (χ4v) is 4.00. The van der Waals surface area contributed by atoms with E-state index in [2.05, 4.69) is 29.0 Å². The molecule has 0 aromatic carbocycles. The van der Waals surface area contributed by atoms with Crippen molar-refractivity contribution in [3.05, 3.63) is 24.0 Å². The smallest absolute Gasteiger partial charge is 0.274 e. The predicted molar refractivity (Wildman–Crippen MR) is 99.4 cm³/mol. The van der Waals surface area contributed by atoms with Crippen LogP contribution < -0.4 is 5.32 Å². The molecular formula is C19H28N4O4. The fraction of sp³-hybridized carbons (Fsp3) is 0.632. The summed E-state index contributed by atoms with van der Waals surface area (Å²) in [5.74, 6) is -0.847. The third-order valence-electron chi connectivity index (χ3n) is 5.06. The molecule has 27 heavy (non-hydrogen) atoms. The molecule has 3 heterocycles. The molecule has 0 radical (unpaired) electrons. The number of hydrogen-bond acceptors (Lipinski definition) is 6. The van der Waals surface area contributed by atoms with Gasteiger partial charge < -0.3 is 20.1 Å². The standard InChI is InChI=1S/C19H28N4O4/c1-13-10-22(11-14(2)27-13)12-15-5-4-8-23(15)17(25)9-21-19(26)18-16(24)6-3-7-20-18/h3,6-7,13-15,24H,4-5,8-12H2,1-2H3,(H,21,26). The Hall–Kier alpha value is -2.19. The van der Waals surface area contributed by atoms with Gasteiger partial charge in [0.2, 0.25) is 5.91 Å².